The fourth-order valence-electron chi connectivity index (χ4n) is 1.42. The average Bonchev–Trinajstić information content (AvgIpc) is 2.99. The lowest BCUT2D eigenvalue weighted by Crippen LogP contribution is -2.32. The number of halogens is 1. The Hall–Kier alpha value is -0.870. The topological polar surface area (TPSA) is 55.0 Å². The van der Waals surface area contributed by atoms with E-state index in [4.69, 9.17) is 17.3 Å². The van der Waals surface area contributed by atoms with Crippen molar-refractivity contribution in [2.45, 2.75) is 18.9 Å². The summed E-state index contributed by atoms with van der Waals surface area (Å²) in [5.74, 6) is 0.738. The van der Waals surface area contributed by atoms with E-state index in [1.165, 1.54) is 12.8 Å². The molecule has 1 aliphatic rings. The summed E-state index contributed by atoms with van der Waals surface area (Å²) in [6, 6.07) is 0.583. The molecule has 5 heteroatoms. The lowest BCUT2D eigenvalue weighted by Gasteiger charge is -2.20. The smallest absolute Gasteiger partial charge is 0.225 e. The van der Waals surface area contributed by atoms with Gasteiger partial charge in [0.15, 0.2) is 0 Å². The van der Waals surface area contributed by atoms with Gasteiger partial charge in [0, 0.05) is 19.1 Å². The maximum Gasteiger partial charge on any atom is 0.225 e. The zero-order valence-corrected chi connectivity index (χ0v) is 8.61. The van der Waals surface area contributed by atoms with Gasteiger partial charge in [-0.05, 0) is 12.8 Å². The summed E-state index contributed by atoms with van der Waals surface area (Å²) >= 11 is 5.72. The van der Waals surface area contributed by atoms with Crippen molar-refractivity contribution in [3.05, 3.63) is 17.4 Å². The Kier molecular flexibility index (Phi) is 2.84. The number of hydrogen-bond acceptors (Lipinski definition) is 4. The molecule has 1 fully saturated rings. The summed E-state index contributed by atoms with van der Waals surface area (Å²) in [5, 5.41) is 0.567. The van der Waals surface area contributed by atoms with Crippen molar-refractivity contribution in [3.8, 4) is 0 Å². The molecular weight excluding hydrogens is 200 g/mol. The Balaban J connectivity index is 2.13. The highest BCUT2D eigenvalue weighted by atomic mass is 35.5. The van der Waals surface area contributed by atoms with Gasteiger partial charge in [-0.1, -0.05) is 11.6 Å². The van der Waals surface area contributed by atoms with Crippen LogP contribution in [0.3, 0.4) is 0 Å². The van der Waals surface area contributed by atoms with Crippen LogP contribution in [0.5, 0.6) is 0 Å². The Labute approximate surface area is 88.1 Å². The van der Waals surface area contributed by atoms with Gasteiger partial charge in [0.1, 0.15) is 0 Å². The van der Waals surface area contributed by atoms with Crippen LogP contribution >= 0.6 is 11.6 Å². The maximum absolute atomic E-state index is 5.72. The Morgan fingerprint density at radius 3 is 2.57 bits per heavy atom. The Bertz CT molecular complexity index is 296. The van der Waals surface area contributed by atoms with Crippen molar-refractivity contribution in [2.24, 2.45) is 5.73 Å². The molecule has 0 bridgehead atoms. The highest BCUT2D eigenvalue weighted by molar-refractivity contribution is 6.30. The number of anilines is 1. The summed E-state index contributed by atoms with van der Waals surface area (Å²) in [5.41, 5.74) is 5.54. The van der Waals surface area contributed by atoms with Crippen LogP contribution in [-0.2, 0) is 0 Å². The first-order chi connectivity index (χ1) is 6.81. The predicted molar refractivity (Wildman–Crippen MR) is 56.5 cm³/mol. The van der Waals surface area contributed by atoms with E-state index in [-0.39, 0.29) is 0 Å². The van der Waals surface area contributed by atoms with Crippen molar-refractivity contribution >= 4 is 17.5 Å². The molecular formula is C9H13ClN4. The molecule has 0 radical (unpaired) electrons. The van der Waals surface area contributed by atoms with Gasteiger partial charge < -0.3 is 10.6 Å². The molecule has 0 spiro atoms. The molecule has 14 heavy (non-hydrogen) atoms. The van der Waals surface area contributed by atoms with E-state index in [0.717, 1.165) is 12.5 Å². The van der Waals surface area contributed by atoms with Crippen molar-refractivity contribution in [1.29, 1.82) is 0 Å². The molecule has 1 aromatic rings. The number of hydrogen-bond donors (Lipinski definition) is 1. The van der Waals surface area contributed by atoms with Gasteiger partial charge in [-0.15, -0.1) is 0 Å². The molecule has 0 aliphatic heterocycles. The van der Waals surface area contributed by atoms with E-state index in [1.807, 2.05) is 0 Å². The Morgan fingerprint density at radius 2 is 2.07 bits per heavy atom. The molecule has 0 saturated heterocycles. The molecule has 4 nitrogen and oxygen atoms in total. The Morgan fingerprint density at radius 1 is 1.43 bits per heavy atom. The lowest BCUT2D eigenvalue weighted by molar-refractivity contribution is 0.754. The summed E-state index contributed by atoms with van der Waals surface area (Å²) in [7, 11) is 0. The van der Waals surface area contributed by atoms with Gasteiger partial charge in [0.05, 0.1) is 17.4 Å². The molecule has 0 aromatic carbocycles. The summed E-state index contributed by atoms with van der Waals surface area (Å²) in [4.78, 5) is 10.5. The highest BCUT2D eigenvalue weighted by Crippen LogP contribution is 2.29. The standard InChI is InChI=1S/C9H13ClN4/c10-7-5-12-9(13-6-7)14(4-3-11)8-1-2-8/h5-6,8H,1-4,11H2. The number of rotatable bonds is 4. The van der Waals surface area contributed by atoms with Crippen LogP contribution in [-0.4, -0.2) is 29.1 Å². The minimum absolute atomic E-state index is 0.567. The number of aromatic nitrogens is 2. The van der Waals surface area contributed by atoms with E-state index >= 15 is 0 Å². The van der Waals surface area contributed by atoms with Crippen molar-refractivity contribution in [3.63, 3.8) is 0 Å². The molecule has 2 N–H and O–H groups in total. The second kappa shape index (κ2) is 4.11. The average molecular weight is 213 g/mol. The minimum atomic E-state index is 0.567. The second-order valence-corrected chi connectivity index (χ2v) is 3.85. The van der Waals surface area contributed by atoms with Crippen LogP contribution in [0.4, 0.5) is 5.95 Å². The summed E-state index contributed by atoms with van der Waals surface area (Å²) in [6.07, 6.45) is 5.67. The first kappa shape index (κ1) is 9.68. The first-order valence-corrected chi connectivity index (χ1v) is 5.13. The van der Waals surface area contributed by atoms with Gasteiger partial charge >= 0.3 is 0 Å². The number of nitrogens with two attached hydrogens (primary N) is 1. The molecule has 0 unspecified atom stereocenters. The van der Waals surface area contributed by atoms with E-state index < -0.39 is 0 Å². The normalized spacial score (nSPS) is 15.6. The predicted octanol–water partition coefficient (Wildman–Crippen LogP) is 1.06. The van der Waals surface area contributed by atoms with Crippen LogP contribution < -0.4 is 10.6 Å². The van der Waals surface area contributed by atoms with Crippen molar-refractivity contribution in [2.75, 3.05) is 18.0 Å². The molecule has 76 valence electrons. The zero-order chi connectivity index (χ0) is 9.97. The molecule has 2 rings (SSSR count). The summed E-state index contributed by atoms with van der Waals surface area (Å²) < 4.78 is 0. The van der Waals surface area contributed by atoms with Gasteiger partial charge in [-0.25, -0.2) is 9.97 Å². The van der Waals surface area contributed by atoms with Crippen LogP contribution in [0.25, 0.3) is 0 Å². The zero-order valence-electron chi connectivity index (χ0n) is 7.86. The SMILES string of the molecule is NCCN(c1ncc(Cl)cn1)C1CC1. The van der Waals surface area contributed by atoms with E-state index in [2.05, 4.69) is 14.9 Å². The molecule has 1 aliphatic carbocycles. The molecule has 1 saturated carbocycles. The minimum Gasteiger partial charge on any atom is -0.337 e. The fourth-order valence-corrected chi connectivity index (χ4v) is 1.52. The van der Waals surface area contributed by atoms with Gasteiger partial charge in [-0.2, -0.15) is 0 Å². The molecule has 1 heterocycles. The summed E-state index contributed by atoms with van der Waals surface area (Å²) in [6.45, 7) is 1.44. The van der Waals surface area contributed by atoms with Gasteiger partial charge in [0.25, 0.3) is 0 Å². The maximum atomic E-state index is 5.72. The molecule has 0 atom stereocenters. The van der Waals surface area contributed by atoms with Gasteiger partial charge in [-0.3, -0.25) is 0 Å². The van der Waals surface area contributed by atoms with Crippen molar-refractivity contribution in [1.82, 2.24) is 9.97 Å². The van der Waals surface area contributed by atoms with Crippen molar-refractivity contribution < 1.29 is 0 Å². The quantitative estimate of drug-likeness (QED) is 0.811. The third-order valence-electron chi connectivity index (χ3n) is 2.22. The first-order valence-electron chi connectivity index (χ1n) is 4.75. The highest BCUT2D eigenvalue weighted by Gasteiger charge is 2.30. The number of nitrogens with zero attached hydrogens (tertiary/aromatic N) is 3. The molecule has 1 aromatic heterocycles. The fraction of sp³-hybridized carbons (Fsp3) is 0.556. The van der Waals surface area contributed by atoms with Crippen LogP contribution in [0.2, 0.25) is 5.02 Å². The third kappa shape index (κ3) is 2.13. The van der Waals surface area contributed by atoms with Crippen LogP contribution in [0.15, 0.2) is 12.4 Å². The lowest BCUT2D eigenvalue weighted by atomic mass is 10.5. The largest absolute Gasteiger partial charge is 0.337 e. The van der Waals surface area contributed by atoms with E-state index in [9.17, 15) is 0 Å². The molecule has 0 amide bonds. The van der Waals surface area contributed by atoms with Crippen LogP contribution in [0, 0.1) is 0 Å². The third-order valence-corrected chi connectivity index (χ3v) is 2.42. The van der Waals surface area contributed by atoms with Crippen LogP contribution in [0.1, 0.15) is 12.8 Å². The van der Waals surface area contributed by atoms with E-state index in [1.54, 1.807) is 12.4 Å². The van der Waals surface area contributed by atoms with E-state index in [0.29, 0.717) is 17.6 Å². The monoisotopic (exact) mass is 212 g/mol. The van der Waals surface area contributed by atoms with Gasteiger partial charge in [0.2, 0.25) is 5.95 Å². The second-order valence-electron chi connectivity index (χ2n) is 3.41.